The lowest BCUT2D eigenvalue weighted by Crippen LogP contribution is -2.45. The third-order valence-corrected chi connectivity index (χ3v) is 6.05. The van der Waals surface area contributed by atoms with Gasteiger partial charge in [0.25, 0.3) is 11.1 Å². The Kier molecular flexibility index (Phi) is 4.24. The van der Waals surface area contributed by atoms with Gasteiger partial charge in [-0.2, -0.15) is 0 Å². The molecule has 0 bridgehead atoms. The minimum atomic E-state index is -0.184. The Morgan fingerprint density at radius 1 is 1.33 bits per heavy atom. The molecule has 0 radical (unpaired) electrons. The number of amides is 2. The molecule has 1 saturated heterocycles. The van der Waals surface area contributed by atoms with Crippen LogP contribution < -0.4 is 4.90 Å². The molecular weight excluding hydrogens is 320 g/mol. The standard InChI is InChI=1S/C19H24N2O2S/c1-6-21-17(22)16(24-18(21)23)10-13-7-8-15-14(9-13)12(2)11-19(3,4)20(15)5/h7-10,12H,6,11H2,1-5H3/b16-10+. The van der Waals surface area contributed by atoms with E-state index >= 15 is 0 Å². The minimum absolute atomic E-state index is 0.137. The zero-order valence-corrected chi connectivity index (χ0v) is 15.7. The van der Waals surface area contributed by atoms with Crippen molar-refractivity contribution in [2.75, 3.05) is 18.5 Å². The SMILES string of the molecule is CCN1C(=O)S/C(=C/c2ccc3c(c2)C(C)CC(C)(C)N3C)C1=O. The predicted molar refractivity (Wildman–Crippen MR) is 100 cm³/mol. The molecule has 0 aliphatic carbocycles. The molecule has 1 fully saturated rings. The van der Waals surface area contributed by atoms with Crippen molar-refractivity contribution in [2.45, 2.75) is 45.6 Å². The number of likely N-dealkylation sites (N-methyl/N-ethyl adjacent to an activating group) is 1. The van der Waals surface area contributed by atoms with E-state index in [1.165, 1.54) is 16.2 Å². The van der Waals surface area contributed by atoms with Gasteiger partial charge in [0.15, 0.2) is 0 Å². The van der Waals surface area contributed by atoms with Crippen LogP contribution in [0.3, 0.4) is 0 Å². The van der Waals surface area contributed by atoms with Crippen LogP contribution >= 0.6 is 11.8 Å². The van der Waals surface area contributed by atoms with E-state index in [1.807, 2.05) is 19.1 Å². The van der Waals surface area contributed by atoms with Crippen LogP contribution in [0.5, 0.6) is 0 Å². The third kappa shape index (κ3) is 2.75. The summed E-state index contributed by atoms with van der Waals surface area (Å²) in [6.45, 7) is 9.02. The van der Waals surface area contributed by atoms with E-state index in [1.54, 1.807) is 0 Å². The molecule has 3 rings (SSSR count). The number of nitrogens with zero attached hydrogens (tertiary/aromatic N) is 2. The average Bonchev–Trinajstić information content (AvgIpc) is 2.78. The van der Waals surface area contributed by atoms with Crippen LogP contribution in [0.25, 0.3) is 6.08 Å². The predicted octanol–water partition coefficient (Wildman–Crippen LogP) is 4.46. The lowest BCUT2D eigenvalue weighted by Gasteiger charge is -2.45. The van der Waals surface area contributed by atoms with Gasteiger partial charge in [-0.25, -0.2) is 0 Å². The first-order valence-electron chi connectivity index (χ1n) is 8.37. The molecule has 24 heavy (non-hydrogen) atoms. The molecule has 2 heterocycles. The maximum Gasteiger partial charge on any atom is 0.293 e. The van der Waals surface area contributed by atoms with Gasteiger partial charge in [0.05, 0.1) is 4.91 Å². The Morgan fingerprint density at radius 3 is 2.67 bits per heavy atom. The highest BCUT2D eigenvalue weighted by Gasteiger charge is 2.35. The van der Waals surface area contributed by atoms with Crippen molar-refractivity contribution in [1.29, 1.82) is 0 Å². The molecular formula is C19H24N2O2S. The topological polar surface area (TPSA) is 40.6 Å². The summed E-state index contributed by atoms with van der Waals surface area (Å²) in [5.41, 5.74) is 3.67. The summed E-state index contributed by atoms with van der Waals surface area (Å²) in [6, 6.07) is 6.32. The molecule has 0 spiro atoms. The summed E-state index contributed by atoms with van der Waals surface area (Å²) < 4.78 is 0. The number of carbonyl (C=O) groups excluding carboxylic acids is 2. The van der Waals surface area contributed by atoms with Gasteiger partial charge in [0.2, 0.25) is 0 Å². The maximum absolute atomic E-state index is 12.2. The van der Waals surface area contributed by atoms with E-state index < -0.39 is 0 Å². The minimum Gasteiger partial charge on any atom is -0.369 e. The summed E-state index contributed by atoms with van der Waals surface area (Å²) >= 11 is 1.03. The Morgan fingerprint density at radius 2 is 2.04 bits per heavy atom. The zero-order chi connectivity index (χ0) is 17.6. The molecule has 0 N–H and O–H groups in total. The largest absolute Gasteiger partial charge is 0.369 e. The molecule has 0 saturated carbocycles. The first-order valence-corrected chi connectivity index (χ1v) is 9.19. The molecule has 2 aliphatic rings. The van der Waals surface area contributed by atoms with E-state index in [0.29, 0.717) is 17.4 Å². The number of hydrogen-bond donors (Lipinski definition) is 0. The van der Waals surface area contributed by atoms with E-state index in [0.717, 1.165) is 23.7 Å². The van der Waals surface area contributed by atoms with Crippen molar-refractivity contribution in [3.05, 3.63) is 34.2 Å². The van der Waals surface area contributed by atoms with Crippen molar-refractivity contribution in [1.82, 2.24) is 4.90 Å². The van der Waals surface area contributed by atoms with Crippen molar-refractivity contribution in [3.63, 3.8) is 0 Å². The van der Waals surface area contributed by atoms with Crippen LogP contribution in [-0.2, 0) is 4.79 Å². The summed E-state index contributed by atoms with van der Waals surface area (Å²) in [4.78, 5) is 28.2. The van der Waals surface area contributed by atoms with Crippen molar-refractivity contribution in [2.24, 2.45) is 0 Å². The number of rotatable bonds is 2. The van der Waals surface area contributed by atoms with Gasteiger partial charge >= 0.3 is 0 Å². The Labute approximate surface area is 147 Å². The quantitative estimate of drug-likeness (QED) is 0.743. The highest BCUT2D eigenvalue weighted by atomic mass is 32.2. The Balaban J connectivity index is 1.96. The molecule has 1 atom stereocenters. The second kappa shape index (κ2) is 5.96. The first kappa shape index (κ1) is 17.1. The van der Waals surface area contributed by atoms with Crippen LogP contribution in [0.2, 0.25) is 0 Å². The van der Waals surface area contributed by atoms with Gasteiger partial charge in [0.1, 0.15) is 0 Å². The maximum atomic E-state index is 12.2. The second-order valence-electron chi connectivity index (χ2n) is 7.22. The highest BCUT2D eigenvalue weighted by Crippen LogP contribution is 2.43. The number of anilines is 1. The van der Waals surface area contributed by atoms with Gasteiger partial charge in [-0.15, -0.1) is 0 Å². The molecule has 128 valence electrons. The van der Waals surface area contributed by atoms with Crippen molar-refractivity contribution < 1.29 is 9.59 Å². The van der Waals surface area contributed by atoms with Crippen LogP contribution in [0.15, 0.2) is 23.1 Å². The first-order chi connectivity index (χ1) is 11.2. The van der Waals surface area contributed by atoms with Crippen LogP contribution in [0, 0.1) is 0 Å². The molecule has 1 unspecified atom stereocenters. The zero-order valence-electron chi connectivity index (χ0n) is 14.9. The van der Waals surface area contributed by atoms with Gasteiger partial charge in [0, 0.05) is 24.8 Å². The molecule has 1 aromatic carbocycles. The van der Waals surface area contributed by atoms with E-state index in [9.17, 15) is 9.59 Å². The monoisotopic (exact) mass is 344 g/mol. The fourth-order valence-corrected chi connectivity index (χ4v) is 4.51. The van der Waals surface area contributed by atoms with Crippen molar-refractivity contribution in [3.8, 4) is 0 Å². The number of imide groups is 1. The smallest absolute Gasteiger partial charge is 0.293 e. The summed E-state index contributed by atoms with van der Waals surface area (Å²) in [5, 5.41) is -0.179. The molecule has 1 aromatic rings. The lowest BCUT2D eigenvalue weighted by molar-refractivity contribution is -0.122. The normalized spacial score (nSPS) is 24.7. The number of benzene rings is 1. The number of hydrogen-bond acceptors (Lipinski definition) is 4. The lowest BCUT2D eigenvalue weighted by atomic mass is 9.80. The fraction of sp³-hybridized carbons (Fsp3) is 0.474. The van der Waals surface area contributed by atoms with Crippen LogP contribution in [-0.4, -0.2) is 35.2 Å². The highest BCUT2D eigenvalue weighted by molar-refractivity contribution is 8.18. The molecule has 5 heteroatoms. The van der Waals surface area contributed by atoms with E-state index in [4.69, 9.17) is 0 Å². The van der Waals surface area contributed by atoms with Crippen molar-refractivity contribution >= 4 is 34.7 Å². The van der Waals surface area contributed by atoms with Gasteiger partial charge in [-0.1, -0.05) is 13.0 Å². The van der Waals surface area contributed by atoms with Gasteiger partial charge in [-0.3, -0.25) is 14.5 Å². The van der Waals surface area contributed by atoms with E-state index in [2.05, 4.69) is 44.9 Å². The van der Waals surface area contributed by atoms with Gasteiger partial charge < -0.3 is 4.90 Å². The van der Waals surface area contributed by atoms with Gasteiger partial charge in [-0.05, 0) is 74.2 Å². The number of thioether (sulfide) groups is 1. The second-order valence-corrected chi connectivity index (χ2v) is 8.21. The number of fused-ring (bicyclic) bond motifs is 1. The molecule has 0 aromatic heterocycles. The fourth-order valence-electron chi connectivity index (χ4n) is 3.61. The Hall–Kier alpha value is -1.75. The van der Waals surface area contributed by atoms with Crippen LogP contribution in [0.4, 0.5) is 10.5 Å². The summed E-state index contributed by atoms with van der Waals surface area (Å²) in [7, 11) is 2.14. The summed E-state index contributed by atoms with van der Waals surface area (Å²) in [6.07, 6.45) is 2.93. The number of carbonyl (C=O) groups is 2. The van der Waals surface area contributed by atoms with E-state index in [-0.39, 0.29) is 16.7 Å². The molecule has 2 aliphatic heterocycles. The average molecular weight is 344 g/mol. The van der Waals surface area contributed by atoms with Crippen LogP contribution in [0.1, 0.15) is 51.2 Å². The third-order valence-electron chi connectivity index (χ3n) is 5.15. The molecule has 4 nitrogen and oxygen atoms in total. The molecule has 2 amide bonds. The Bertz CT molecular complexity index is 739. The summed E-state index contributed by atoms with van der Waals surface area (Å²) in [5.74, 6) is 0.279.